The third kappa shape index (κ3) is 4.22. The number of hydrogen-bond acceptors (Lipinski definition) is 4. The normalized spacial score (nSPS) is 17.2. The van der Waals surface area contributed by atoms with Crippen LogP contribution in [0.2, 0.25) is 0 Å². The maximum Gasteiger partial charge on any atom is 0.253 e. The molecule has 0 saturated carbocycles. The van der Waals surface area contributed by atoms with Crippen LogP contribution >= 0.6 is 0 Å². The number of carbonyl (C=O) groups excluding carboxylic acids is 2. The highest BCUT2D eigenvalue weighted by molar-refractivity contribution is 5.95. The van der Waals surface area contributed by atoms with Gasteiger partial charge in [0, 0.05) is 44.5 Å². The number of anilines is 1. The predicted octanol–water partition coefficient (Wildman–Crippen LogP) is 0.713. The molecule has 126 valence electrons. The van der Waals surface area contributed by atoms with Crippen LogP contribution in [0.1, 0.15) is 23.7 Å². The molecule has 1 fully saturated rings. The maximum atomic E-state index is 12.5. The molecule has 0 bridgehead atoms. The number of likely N-dealkylation sites (N-methyl/N-ethyl adjacent to an activating group) is 1. The minimum absolute atomic E-state index is 0.0313. The van der Waals surface area contributed by atoms with Crippen molar-refractivity contribution in [3.05, 3.63) is 29.8 Å². The maximum absolute atomic E-state index is 12.5. The van der Waals surface area contributed by atoms with E-state index in [1.807, 2.05) is 31.0 Å². The second-order valence-corrected chi connectivity index (χ2v) is 5.82. The zero-order chi connectivity index (χ0) is 16.8. The Bertz CT molecular complexity index is 545. The summed E-state index contributed by atoms with van der Waals surface area (Å²) >= 11 is 0. The molecule has 1 aromatic carbocycles. The van der Waals surface area contributed by atoms with Gasteiger partial charge in [0.2, 0.25) is 5.91 Å². The number of carbonyl (C=O) groups is 2. The zero-order valence-corrected chi connectivity index (χ0v) is 13.8. The molecule has 2 amide bonds. The van der Waals surface area contributed by atoms with E-state index in [9.17, 15) is 9.59 Å². The molecule has 2 rings (SSSR count). The van der Waals surface area contributed by atoms with E-state index >= 15 is 0 Å². The van der Waals surface area contributed by atoms with E-state index in [1.165, 1.54) is 0 Å². The van der Waals surface area contributed by atoms with Crippen LogP contribution in [0.5, 0.6) is 0 Å². The summed E-state index contributed by atoms with van der Waals surface area (Å²) in [7, 11) is 1.89. The van der Waals surface area contributed by atoms with Gasteiger partial charge in [-0.3, -0.25) is 9.59 Å². The largest absolute Gasteiger partial charge is 0.395 e. The third-order valence-electron chi connectivity index (χ3n) is 4.19. The van der Waals surface area contributed by atoms with Crippen molar-refractivity contribution in [3.8, 4) is 0 Å². The fourth-order valence-corrected chi connectivity index (χ4v) is 2.80. The van der Waals surface area contributed by atoms with E-state index in [0.29, 0.717) is 31.7 Å². The molecular formula is C17H25N3O3. The topological polar surface area (TPSA) is 72.9 Å². The van der Waals surface area contributed by atoms with Gasteiger partial charge in [-0.1, -0.05) is 0 Å². The number of aliphatic hydroxyl groups excluding tert-OH is 1. The molecule has 2 N–H and O–H groups in total. The van der Waals surface area contributed by atoms with Gasteiger partial charge in [-0.25, -0.2) is 0 Å². The number of nitrogens with zero attached hydrogens (tertiary/aromatic N) is 2. The van der Waals surface area contributed by atoms with Crippen molar-refractivity contribution in [1.82, 2.24) is 10.2 Å². The average Bonchev–Trinajstić information content (AvgIpc) is 3.05. The van der Waals surface area contributed by atoms with Crippen molar-refractivity contribution in [2.75, 3.05) is 44.7 Å². The van der Waals surface area contributed by atoms with Gasteiger partial charge in [-0.2, -0.15) is 0 Å². The predicted molar refractivity (Wildman–Crippen MR) is 89.5 cm³/mol. The van der Waals surface area contributed by atoms with Gasteiger partial charge in [0.15, 0.2) is 0 Å². The molecule has 6 nitrogen and oxygen atoms in total. The lowest BCUT2D eigenvalue weighted by Gasteiger charge is -2.19. The Balaban J connectivity index is 1.97. The van der Waals surface area contributed by atoms with Crippen molar-refractivity contribution in [3.63, 3.8) is 0 Å². The molecule has 1 aliphatic heterocycles. The molecule has 0 aromatic heterocycles. The first-order chi connectivity index (χ1) is 11.1. The van der Waals surface area contributed by atoms with E-state index in [0.717, 1.165) is 12.1 Å². The molecule has 23 heavy (non-hydrogen) atoms. The fraction of sp³-hybridized carbons (Fsp3) is 0.529. The van der Waals surface area contributed by atoms with Crippen LogP contribution < -0.4 is 10.2 Å². The Morgan fingerprint density at radius 1 is 1.35 bits per heavy atom. The average molecular weight is 319 g/mol. The van der Waals surface area contributed by atoms with Crippen LogP contribution in [-0.4, -0.2) is 61.7 Å². The van der Waals surface area contributed by atoms with E-state index in [2.05, 4.69) is 5.32 Å². The minimum Gasteiger partial charge on any atom is -0.395 e. The summed E-state index contributed by atoms with van der Waals surface area (Å²) in [5.41, 5.74) is 1.58. The van der Waals surface area contributed by atoms with Gasteiger partial charge in [-0.05, 0) is 37.6 Å². The summed E-state index contributed by atoms with van der Waals surface area (Å²) < 4.78 is 0. The number of benzene rings is 1. The third-order valence-corrected chi connectivity index (χ3v) is 4.19. The smallest absolute Gasteiger partial charge is 0.253 e. The van der Waals surface area contributed by atoms with Crippen molar-refractivity contribution < 1.29 is 14.7 Å². The Morgan fingerprint density at radius 2 is 2.04 bits per heavy atom. The number of rotatable bonds is 6. The van der Waals surface area contributed by atoms with E-state index < -0.39 is 0 Å². The first-order valence-corrected chi connectivity index (χ1v) is 8.05. The lowest BCUT2D eigenvalue weighted by atomic mass is 10.1. The van der Waals surface area contributed by atoms with E-state index in [1.54, 1.807) is 17.0 Å². The summed E-state index contributed by atoms with van der Waals surface area (Å²) in [5.74, 6) is -0.106. The number of aliphatic hydroxyl groups is 1. The molecule has 1 saturated heterocycles. The quantitative estimate of drug-likeness (QED) is 0.810. The lowest BCUT2D eigenvalue weighted by molar-refractivity contribution is -0.124. The monoisotopic (exact) mass is 319 g/mol. The van der Waals surface area contributed by atoms with Gasteiger partial charge in [0.05, 0.1) is 12.5 Å². The molecule has 1 aliphatic rings. The highest BCUT2D eigenvalue weighted by atomic mass is 16.3. The second kappa shape index (κ2) is 7.97. The highest BCUT2D eigenvalue weighted by Crippen LogP contribution is 2.20. The molecule has 0 aliphatic carbocycles. The van der Waals surface area contributed by atoms with Crippen molar-refractivity contribution in [2.45, 2.75) is 13.3 Å². The molecular weight excluding hydrogens is 294 g/mol. The Labute approximate surface area is 137 Å². The number of nitrogens with one attached hydrogen (secondary N) is 1. The summed E-state index contributed by atoms with van der Waals surface area (Å²) in [6.07, 6.45) is 0.717. The molecule has 0 spiro atoms. The van der Waals surface area contributed by atoms with Crippen LogP contribution in [-0.2, 0) is 4.79 Å². The zero-order valence-electron chi connectivity index (χ0n) is 13.8. The highest BCUT2D eigenvalue weighted by Gasteiger charge is 2.31. The number of likely N-dealkylation sites (tertiary alicyclic amines) is 1. The van der Waals surface area contributed by atoms with Crippen molar-refractivity contribution in [2.24, 2.45) is 5.92 Å². The molecule has 1 aromatic rings. The summed E-state index contributed by atoms with van der Waals surface area (Å²) in [6.45, 7) is 4.25. The van der Waals surface area contributed by atoms with Crippen LogP contribution in [0.15, 0.2) is 24.3 Å². The van der Waals surface area contributed by atoms with Crippen LogP contribution in [0.4, 0.5) is 5.69 Å². The Hall–Kier alpha value is -2.08. The second-order valence-electron chi connectivity index (χ2n) is 5.82. The van der Waals surface area contributed by atoms with E-state index in [4.69, 9.17) is 5.11 Å². The van der Waals surface area contributed by atoms with E-state index in [-0.39, 0.29) is 24.3 Å². The molecule has 0 unspecified atom stereocenters. The Kier molecular flexibility index (Phi) is 5.98. The number of hydrogen-bond donors (Lipinski definition) is 2. The lowest BCUT2D eigenvalue weighted by Crippen LogP contribution is -2.34. The van der Waals surface area contributed by atoms with Gasteiger partial charge < -0.3 is 20.2 Å². The first kappa shape index (κ1) is 17.3. The molecule has 1 heterocycles. The standard InChI is InChI=1S/C17H25N3O3/c1-3-18-16(22)14-8-9-20(12-14)17(23)13-4-6-15(7-5-13)19(2)10-11-21/h4-7,14,21H,3,8-12H2,1-2H3,(H,18,22)/t14-/m1/s1. The van der Waals surface area contributed by atoms with Gasteiger partial charge >= 0.3 is 0 Å². The molecule has 0 radical (unpaired) electrons. The summed E-state index contributed by atoms with van der Waals surface area (Å²) in [5, 5.41) is 11.8. The summed E-state index contributed by atoms with van der Waals surface area (Å²) in [4.78, 5) is 28.0. The van der Waals surface area contributed by atoms with Gasteiger partial charge in [-0.15, -0.1) is 0 Å². The van der Waals surface area contributed by atoms with Crippen LogP contribution in [0, 0.1) is 5.92 Å². The minimum atomic E-state index is -0.103. The summed E-state index contributed by atoms with van der Waals surface area (Å²) in [6, 6.07) is 7.34. The van der Waals surface area contributed by atoms with Gasteiger partial charge in [0.1, 0.15) is 0 Å². The van der Waals surface area contributed by atoms with Crippen LogP contribution in [0.25, 0.3) is 0 Å². The molecule has 6 heteroatoms. The fourth-order valence-electron chi connectivity index (χ4n) is 2.80. The van der Waals surface area contributed by atoms with Crippen molar-refractivity contribution in [1.29, 1.82) is 0 Å². The number of amides is 2. The SMILES string of the molecule is CCNC(=O)[C@@H]1CCN(C(=O)c2ccc(N(C)CCO)cc2)C1. The van der Waals surface area contributed by atoms with Crippen LogP contribution in [0.3, 0.4) is 0 Å². The first-order valence-electron chi connectivity index (χ1n) is 8.05. The molecule has 1 atom stereocenters. The van der Waals surface area contributed by atoms with Gasteiger partial charge in [0.25, 0.3) is 5.91 Å². The Morgan fingerprint density at radius 3 is 2.65 bits per heavy atom. The van der Waals surface area contributed by atoms with Crippen molar-refractivity contribution >= 4 is 17.5 Å².